The van der Waals surface area contributed by atoms with Gasteiger partial charge in [-0.05, 0) is 24.3 Å². The molecule has 6 nitrogen and oxygen atoms in total. The topological polar surface area (TPSA) is 103 Å². The Kier molecular flexibility index (Phi) is 4.37. The molecule has 0 bridgehead atoms. The van der Waals surface area contributed by atoms with Crippen molar-refractivity contribution < 1.29 is 13.2 Å². The van der Waals surface area contributed by atoms with E-state index in [1.165, 1.54) is 18.3 Å². The van der Waals surface area contributed by atoms with E-state index in [1.807, 2.05) is 0 Å². The summed E-state index contributed by atoms with van der Waals surface area (Å²) in [6.07, 6.45) is -3.00. The number of hydrogen-bond donors (Lipinski definition) is 3. The van der Waals surface area contributed by atoms with Crippen LogP contribution in [0.25, 0.3) is 22.4 Å². The average Bonchev–Trinajstić information content (AvgIpc) is 2.61. The van der Waals surface area contributed by atoms with Crippen LogP contribution in [0.15, 0.2) is 42.6 Å². The van der Waals surface area contributed by atoms with Gasteiger partial charge in [0.2, 0.25) is 5.95 Å². The van der Waals surface area contributed by atoms with Crippen molar-refractivity contribution in [3.8, 4) is 22.4 Å². The molecule has 1 aromatic carbocycles. The van der Waals surface area contributed by atoms with Crippen LogP contribution in [0.1, 0.15) is 5.56 Å². The Morgan fingerprint density at radius 2 is 1.77 bits per heavy atom. The number of rotatable bonds is 3. The summed E-state index contributed by atoms with van der Waals surface area (Å²) in [5.74, 6) is 0.617. The molecule has 0 aliphatic heterocycles. The Balaban J connectivity index is 2.26. The number of alkyl halides is 3. The summed E-state index contributed by atoms with van der Waals surface area (Å²) in [4.78, 5) is 12.4. The van der Waals surface area contributed by atoms with Crippen LogP contribution < -0.4 is 16.8 Å². The second-order valence-electron chi connectivity index (χ2n) is 5.46. The molecule has 0 aliphatic rings. The normalized spacial score (nSPS) is 11.4. The quantitative estimate of drug-likeness (QED) is 0.661. The van der Waals surface area contributed by atoms with Crippen LogP contribution in [-0.2, 0) is 6.18 Å². The van der Waals surface area contributed by atoms with E-state index in [1.54, 1.807) is 19.2 Å². The van der Waals surface area contributed by atoms with Crippen molar-refractivity contribution in [3.05, 3.63) is 48.2 Å². The van der Waals surface area contributed by atoms with E-state index in [0.29, 0.717) is 16.9 Å². The molecule has 0 amide bonds. The highest BCUT2D eigenvalue weighted by atomic mass is 19.4. The Labute approximate surface area is 147 Å². The lowest BCUT2D eigenvalue weighted by molar-refractivity contribution is -0.137. The van der Waals surface area contributed by atoms with Gasteiger partial charge in [0.25, 0.3) is 0 Å². The van der Waals surface area contributed by atoms with Crippen molar-refractivity contribution in [1.82, 2.24) is 15.0 Å². The Morgan fingerprint density at radius 3 is 2.38 bits per heavy atom. The van der Waals surface area contributed by atoms with Crippen LogP contribution in [0.4, 0.5) is 30.8 Å². The summed E-state index contributed by atoms with van der Waals surface area (Å²) in [6, 6.07) is 8.10. The number of benzene rings is 1. The number of nitrogens with zero attached hydrogens (tertiary/aromatic N) is 3. The molecule has 0 radical (unpaired) electrons. The van der Waals surface area contributed by atoms with E-state index in [0.717, 1.165) is 12.1 Å². The van der Waals surface area contributed by atoms with E-state index in [4.69, 9.17) is 11.5 Å². The Bertz CT molecular complexity index is 938. The average molecular weight is 360 g/mol. The fraction of sp³-hybridized carbons (Fsp3) is 0.118. The van der Waals surface area contributed by atoms with E-state index in [9.17, 15) is 13.2 Å². The molecule has 9 heteroatoms. The minimum Gasteiger partial charge on any atom is -0.384 e. The van der Waals surface area contributed by atoms with Crippen molar-refractivity contribution in [2.75, 3.05) is 23.8 Å². The van der Waals surface area contributed by atoms with Gasteiger partial charge in [0.05, 0.1) is 16.8 Å². The molecule has 5 N–H and O–H groups in total. The fourth-order valence-corrected chi connectivity index (χ4v) is 2.48. The highest BCUT2D eigenvalue weighted by molar-refractivity contribution is 5.88. The third kappa shape index (κ3) is 3.37. The van der Waals surface area contributed by atoms with Gasteiger partial charge in [0, 0.05) is 24.4 Å². The molecule has 0 spiro atoms. The molecular formula is C17H15F3N6. The molecule has 3 rings (SSSR count). The number of nitrogen functional groups attached to an aromatic ring is 2. The van der Waals surface area contributed by atoms with E-state index in [-0.39, 0.29) is 23.0 Å². The largest absolute Gasteiger partial charge is 0.416 e. The standard InChI is InChI=1S/C17H15F3N6/c1-23-16-25-14(9-3-2-4-11(7-9)17(18,19)20)13(15(22)26-16)10-5-6-12(21)24-8-10/h2-8H,1H3,(H2,21,24)(H3,22,23,25,26). The van der Waals surface area contributed by atoms with Crippen molar-refractivity contribution in [2.24, 2.45) is 0 Å². The third-order valence-electron chi connectivity index (χ3n) is 3.70. The third-order valence-corrected chi connectivity index (χ3v) is 3.70. The lowest BCUT2D eigenvalue weighted by Gasteiger charge is -2.15. The predicted octanol–water partition coefficient (Wildman–Crippen LogP) is 3.43. The zero-order valence-electron chi connectivity index (χ0n) is 13.7. The first-order chi connectivity index (χ1) is 12.3. The zero-order chi connectivity index (χ0) is 18.9. The molecule has 0 unspecified atom stereocenters. The van der Waals surface area contributed by atoms with Crippen LogP contribution >= 0.6 is 0 Å². The van der Waals surface area contributed by atoms with Gasteiger partial charge in [0.1, 0.15) is 11.6 Å². The predicted molar refractivity (Wildman–Crippen MR) is 94.1 cm³/mol. The lowest BCUT2D eigenvalue weighted by atomic mass is 9.99. The summed E-state index contributed by atoms with van der Waals surface area (Å²) in [5, 5.41) is 2.75. The molecular weight excluding hydrogens is 345 g/mol. The van der Waals surface area contributed by atoms with Gasteiger partial charge in [-0.15, -0.1) is 0 Å². The van der Waals surface area contributed by atoms with E-state index >= 15 is 0 Å². The van der Waals surface area contributed by atoms with Gasteiger partial charge in [-0.2, -0.15) is 18.2 Å². The van der Waals surface area contributed by atoms with Gasteiger partial charge in [-0.1, -0.05) is 12.1 Å². The highest BCUT2D eigenvalue weighted by Gasteiger charge is 2.31. The van der Waals surface area contributed by atoms with Crippen LogP contribution in [0.5, 0.6) is 0 Å². The summed E-state index contributed by atoms with van der Waals surface area (Å²) in [6.45, 7) is 0. The molecule has 0 saturated carbocycles. The van der Waals surface area contributed by atoms with Crippen molar-refractivity contribution >= 4 is 17.6 Å². The summed E-state index contributed by atoms with van der Waals surface area (Å²) in [7, 11) is 1.59. The summed E-state index contributed by atoms with van der Waals surface area (Å²) >= 11 is 0. The van der Waals surface area contributed by atoms with Gasteiger partial charge in [-0.25, -0.2) is 9.97 Å². The first-order valence-electron chi connectivity index (χ1n) is 7.54. The number of hydrogen-bond acceptors (Lipinski definition) is 6. The Morgan fingerprint density at radius 1 is 1.00 bits per heavy atom. The minimum absolute atomic E-state index is 0.114. The number of anilines is 3. The number of pyridine rings is 1. The van der Waals surface area contributed by atoms with Gasteiger partial charge < -0.3 is 16.8 Å². The number of halogens is 3. The second-order valence-corrected chi connectivity index (χ2v) is 5.46. The molecule has 2 heterocycles. The highest BCUT2D eigenvalue weighted by Crippen LogP contribution is 2.37. The summed E-state index contributed by atoms with van der Waals surface area (Å²) in [5.41, 5.74) is 12.3. The van der Waals surface area contributed by atoms with Crippen molar-refractivity contribution in [2.45, 2.75) is 6.18 Å². The first-order valence-corrected chi connectivity index (χ1v) is 7.54. The van der Waals surface area contributed by atoms with Crippen LogP contribution in [-0.4, -0.2) is 22.0 Å². The molecule has 0 atom stereocenters. The smallest absolute Gasteiger partial charge is 0.384 e. The molecule has 0 saturated heterocycles. The minimum atomic E-state index is -4.47. The zero-order valence-corrected chi connectivity index (χ0v) is 13.7. The van der Waals surface area contributed by atoms with E-state index < -0.39 is 11.7 Å². The maximum absolute atomic E-state index is 13.1. The van der Waals surface area contributed by atoms with Gasteiger partial charge in [-0.3, -0.25) is 0 Å². The molecule has 0 aliphatic carbocycles. The second kappa shape index (κ2) is 6.51. The van der Waals surface area contributed by atoms with Gasteiger partial charge >= 0.3 is 6.18 Å². The lowest BCUT2D eigenvalue weighted by Crippen LogP contribution is -2.07. The molecule has 0 fully saturated rings. The maximum Gasteiger partial charge on any atom is 0.416 e. The number of aromatic nitrogens is 3. The number of nitrogens with one attached hydrogen (secondary N) is 1. The van der Waals surface area contributed by atoms with Crippen molar-refractivity contribution in [1.29, 1.82) is 0 Å². The first kappa shape index (κ1) is 17.5. The summed E-state index contributed by atoms with van der Waals surface area (Å²) < 4.78 is 39.2. The fourth-order valence-electron chi connectivity index (χ4n) is 2.48. The SMILES string of the molecule is CNc1nc(N)c(-c2ccc(N)nc2)c(-c2cccc(C(F)(F)F)c2)n1. The molecule has 2 aromatic heterocycles. The monoisotopic (exact) mass is 360 g/mol. The maximum atomic E-state index is 13.1. The number of nitrogens with two attached hydrogens (primary N) is 2. The molecule has 3 aromatic rings. The van der Waals surface area contributed by atoms with Crippen LogP contribution in [0, 0.1) is 0 Å². The van der Waals surface area contributed by atoms with E-state index in [2.05, 4.69) is 20.3 Å². The van der Waals surface area contributed by atoms with Crippen LogP contribution in [0.3, 0.4) is 0 Å². The van der Waals surface area contributed by atoms with Crippen LogP contribution in [0.2, 0.25) is 0 Å². The Hall–Kier alpha value is -3.36. The van der Waals surface area contributed by atoms with Gasteiger partial charge in [0.15, 0.2) is 0 Å². The van der Waals surface area contributed by atoms with Crippen molar-refractivity contribution in [3.63, 3.8) is 0 Å². The molecule has 134 valence electrons. The molecule has 26 heavy (non-hydrogen) atoms.